The molecule has 1 fully saturated rings. The molecule has 0 unspecified atom stereocenters. The fourth-order valence-electron chi connectivity index (χ4n) is 3.47. The first-order chi connectivity index (χ1) is 13.3. The van der Waals surface area contributed by atoms with Crippen molar-refractivity contribution in [2.75, 3.05) is 13.2 Å². The lowest BCUT2D eigenvalue weighted by atomic mass is 9.89. The first-order valence-electron chi connectivity index (χ1n) is 9.29. The lowest BCUT2D eigenvalue weighted by molar-refractivity contribution is -0.153. The van der Waals surface area contributed by atoms with Gasteiger partial charge >= 0.3 is 12.1 Å². The molecule has 1 aromatic heterocycles. The van der Waals surface area contributed by atoms with Crippen molar-refractivity contribution >= 4 is 22.9 Å². The molecule has 28 heavy (non-hydrogen) atoms. The van der Waals surface area contributed by atoms with E-state index in [9.17, 15) is 22.8 Å². The second kappa shape index (κ2) is 8.62. The third-order valence-electron chi connectivity index (χ3n) is 4.87. The van der Waals surface area contributed by atoms with Crippen molar-refractivity contribution < 1.29 is 27.5 Å². The van der Waals surface area contributed by atoms with Crippen molar-refractivity contribution in [2.24, 2.45) is 5.92 Å². The number of imidazole rings is 1. The van der Waals surface area contributed by atoms with Gasteiger partial charge in [0.25, 0.3) is 5.91 Å². The van der Waals surface area contributed by atoms with Crippen LogP contribution in [0.25, 0.3) is 11.0 Å². The number of fused-ring (bicyclic) bond motifs is 1. The van der Waals surface area contributed by atoms with Gasteiger partial charge in [0.1, 0.15) is 6.54 Å². The van der Waals surface area contributed by atoms with E-state index in [-0.39, 0.29) is 11.0 Å². The molecule has 0 aliphatic heterocycles. The van der Waals surface area contributed by atoms with Gasteiger partial charge in [0.05, 0.1) is 11.0 Å². The number of nitrogens with zero attached hydrogens (tertiary/aromatic N) is 2. The van der Waals surface area contributed by atoms with Gasteiger partial charge < -0.3 is 14.6 Å². The average Bonchev–Trinajstić information content (AvgIpc) is 3.04. The average molecular weight is 397 g/mol. The number of benzene rings is 1. The number of ether oxygens (including phenoxy) is 1. The number of esters is 1. The first-order valence-corrected chi connectivity index (χ1v) is 9.29. The Bertz CT molecular complexity index is 842. The predicted molar refractivity (Wildman–Crippen MR) is 95.3 cm³/mol. The van der Waals surface area contributed by atoms with Gasteiger partial charge in [0.15, 0.2) is 6.61 Å². The van der Waals surface area contributed by atoms with E-state index in [1.807, 2.05) is 0 Å². The molecule has 9 heteroatoms. The largest absolute Gasteiger partial charge is 0.454 e. The molecule has 1 amide bonds. The number of carbonyl (C=O) groups is 2. The summed E-state index contributed by atoms with van der Waals surface area (Å²) in [7, 11) is 0. The molecular formula is C19H22F3N3O3. The van der Waals surface area contributed by atoms with E-state index in [2.05, 4.69) is 10.3 Å². The molecule has 1 aliphatic carbocycles. The fraction of sp³-hybridized carbons (Fsp3) is 0.526. The summed E-state index contributed by atoms with van der Waals surface area (Å²) in [6.45, 7) is -0.661. The zero-order valence-electron chi connectivity index (χ0n) is 15.3. The lowest BCUT2D eigenvalue weighted by Crippen LogP contribution is -2.34. The van der Waals surface area contributed by atoms with Crippen LogP contribution in [-0.4, -0.2) is 34.6 Å². The lowest BCUT2D eigenvalue weighted by Gasteiger charge is -2.21. The molecule has 1 aromatic carbocycles. The molecule has 3 rings (SSSR count). The van der Waals surface area contributed by atoms with Crippen molar-refractivity contribution in [1.82, 2.24) is 14.9 Å². The maximum absolute atomic E-state index is 13.2. The molecule has 1 N–H and O–H groups in total. The smallest absolute Gasteiger partial charge is 0.449 e. The molecule has 1 saturated carbocycles. The van der Waals surface area contributed by atoms with Crippen LogP contribution < -0.4 is 5.32 Å². The van der Waals surface area contributed by atoms with Crippen molar-refractivity contribution in [3.63, 3.8) is 0 Å². The van der Waals surface area contributed by atoms with E-state index in [0.29, 0.717) is 12.5 Å². The molecule has 0 bridgehead atoms. The quantitative estimate of drug-likeness (QED) is 0.760. The SMILES string of the molecule is O=C(COC(=O)Cn1c(C(F)(F)F)nc2ccccc21)NCC1CCCCC1. The number of para-hydroxylation sites is 2. The van der Waals surface area contributed by atoms with Crippen molar-refractivity contribution in [3.05, 3.63) is 30.1 Å². The number of aromatic nitrogens is 2. The van der Waals surface area contributed by atoms with Gasteiger partial charge in [-0.1, -0.05) is 31.4 Å². The summed E-state index contributed by atoms with van der Waals surface area (Å²) in [5.74, 6) is -2.13. The van der Waals surface area contributed by atoms with Crippen LogP contribution in [0.2, 0.25) is 0 Å². The minimum Gasteiger partial charge on any atom is -0.454 e. The van der Waals surface area contributed by atoms with E-state index < -0.39 is 37.0 Å². The van der Waals surface area contributed by atoms with Gasteiger partial charge in [-0.25, -0.2) is 4.98 Å². The normalized spacial score (nSPS) is 15.5. The molecule has 1 heterocycles. The molecule has 6 nitrogen and oxygen atoms in total. The van der Waals surface area contributed by atoms with E-state index in [0.717, 1.165) is 30.3 Å². The number of amides is 1. The molecule has 1 aliphatic rings. The third kappa shape index (κ3) is 5.02. The van der Waals surface area contributed by atoms with E-state index in [1.54, 1.807) is 12.1 Å². The van der Waals surface area contributed by atoms with Crippen LogP contribution in [-0.2, 0) is 27.0 Å². The minimum atomic E-state index is -4.71. The van der Waals surface area contributed by atoms with Gasteiger partial charge in [-0.3, -0.25) is 9.59 Å². The topological polar surface area (TPSA) is 73.2 Å². The Balaban J connectivity index is 1.56. The second-order valence-corrected chi connectivity index (χ2v) is 6.98. The van der Waals surface area contributed by atoms with Gasteiger partial charge in [-0.2, -0.15) is 13.2 Å². The summed E-state index contributed by atoms with van der Waals surface area (Å²) >= 11 is 0. The van der Waals surface area contributed by atoms with Crippen LogP contribution in [0.5, 0.6) is 0 Å². The monoisotopic (exact) mass is 397 g/mol. The van der Waals surface area contributed by atoms with Crippen LogP contribution >= 0.6 is 0 Å². The highest BCUT2D eigenvalue weighted by Gasteiger charge is 2.38. The summed E-state index contributed by atoms with van der Waals surface area (Å²) in [5, 5.41) is 2.72. The van der Waals surface area contributed by atoms with Crippen LogP contribution in [0.15, 0.2) is 24.3 Å². The fourth-order valence-corrected chi connectivity index (χ4v) is 3.47. The molecule has 0 atom stereocenters. The van der Waals surface area contributed by atoms with Crippen molar-refractivity contribution in [3.8, 4) is 0 Å². The number of nitrogens with one attached hydrogen (secondary N) is 1. The Morgan fingerprint density at radius 1 is 1.18 bits per heavy atom. The molecular weight excluding hydrogens is 375 g/mol. The number of hydrogen-bond acceptors (Lipinski definition) is 4. The maximum atomic E-state index is 13.2. The van der Waals surface area contributed by atoms with Gasteiger partial charge in [0.2, 0.25) is 5.82 Å². The second-order valence-electron chi connectivity index (χ2n) is 6.98. The zero-order chi connectivity index (χ0) is 20.1. The van der Waals surface area contributed by atoms with Crippen molar-refractivity contribution in [2.45, 2.75) is 44.8 Å². The number of halogens is 3. The van der Waals surface area contributed by atoms with Gasteiger partial charge in [-0.15, -0.1) is 0 Å². The summed E-state index contributed by atoms with van der Waals surface area (Å²) < 4.78 is 45.3. The Labute approximate surface area is 160 Å². The Hall–Kier alpha value is -2.58. The van der Waals surface area contributed by atoms with Crippen LogP contribution in [0.1, 0.15) is 37.9 Å². The van der Waals surface area contributed by atoms with Crippen LogP contribution in [0.4, 0.5) is 13.2 Å². The summed E-state index contributed by atoms with van der Waals surface area (Å²) in [6.07, 6.45) is 0.926. The zero-order valence-corrected chi connectivity index (χ0v) is 15.3. The van der Waals surface area contributed by atoms with Crippen LogP contribution in [0, 0.1) is 5.92 Å². The van der Waals surface area contributed by atoms with Crippen molar-refractivity contribution in [1.29, 1.82) is 0 Å². The minimum absolute atomic E-state index is 0.132. The Morgan fingerprint density at radius 3 is 2.61 bits per heavy atom. The highest BCUT2D eigenvalue weighted by molar-refractivity contribution is 5.82. The van der Waals surface area contributed by atoms with E-state index in [4.69, 9.17) is 4.74 Å². The predicted octanol–water partition coefficient (Wildman–Crippen LogP) is 3.29. The van der Waals surface area contributed by atoms with Crippen LogP contribution in [0.3, 0.4) is 0 Å². The first kappa shape index (κ1) is 20.2. The van der Waals surface area contributed by atoms with E-state index >= 15 is 0 Å². The summed E-state index contributed by atoms with van der Waals surface area (Å²) in [5.41, 5.74) is 0.307. The summed E-state index contributed by atoms with van der Waals surface area (Å²) in [4.78, 5) is 27.4. The highest BCUT2D eigenvalue weighted by atomic mass is 19.4. The Kier molecular flexibility index (Phi) is 6.21. The number of carbonyl (C=O) groups excluding carboxylic acids is 2. The molecule has 152 valence electrons. The number of rotatable bonds is 6. The number of hydrogen-bond donors (Lipinski definition) is 1. The summed E-state index contributed by atoms with van der Waals surface area (Å²) in [6, 6.07) is 6.01. The van der Waals surface area contributed by atoms with Gasteiger partial charge in [0, 0.05) is 6.54 Å². The number of alkyl halides is 3. The Morgan fingerprint density at radius 2 is 1.89 bits per heavy atom. The molecule has 0 radical (unpaired) electrons. The standard InChI is InChI=1S/C19H22F3N3O3/c20-19(21,22)18-24-14-8-4-5-9-15(14)25(18)11-17(27)28-12-16(26)23-10-13-6-2-1-3-7-13/h4-5,8-9,13H,1-3,6-7,10-12H2,(H,23,26). The highest BCUT2D eigenvalue weighted by Crippen LogP contribution is 2.31. The molecule has 2 aromatic rings. The molecule has 0 spiro atoms. The third-order valence-corrected chi connectivity index (χ3v) is 4.87. The molecule has 0 saturated heterocycles. The van der Waals surface area contributed by atoms with E-state index in [1.165, 1.54) is 18.6 Å². The van der Waals surface area contributed by atoms with Gasteiger partial charge in [-0.05, 0) is 30.9 Å². The maximum Gasteiger partial charge on any atom is 0.449 e.